The lowest BCUT2D eigenvalue weighted by atomic mass is 9.90. The van der Waals surface area contributed by atoms with Crippen LogP contribution in [0.1, 0.15) is 65.5 Å². The number of rotatable bonds is 6. The number of imidazole rings is 1. The minimum atomic E-state index is -1.48. The van der Waals surface area contributed by atoms with E-state index in [9.17, 15) is 14.0 Å². The highest BCUT2D eigenvalue weighted by molar-refractivity contribution is 5.95. The highest BCUT2D eigenvalue weighted by Crippen LogP contribution is 2.36. The lowest BCUT2D eigenvalue weighted by molar-refractivity contribution is 0.0378. The van der Waals surface area contributed by atoms with Crippen molar-refractivity contribution in [3.8, 4) is 5.75 Å². The Morgan fingerprint density at radius 2 is 2.00 bits per heavy atom. The van der Waals surface area contributed by atoms with Crippen LogP contribution in [0.5, 0.6) is 5.75 Å². The molecular formula is C26H28FN3O5. The number of pyridine rings is 1. The average Bonchev–Trinajstić information content (AvgIpc) is 3.35. The van der Waals surface area contributed by atoms with Crippen molar-refractivity contribution in [3.05, 3.63) is 64.9 Å². The van der Waals surface area contributed by atoms with Gasteiger partial charge in [-0.1, -0.05) is 31.4 Å². The monoisotopic (exact) mass is 481 g/mol. The molecule has 2 atom stereocenters. The zero-order valence-corrected chi connectivity index (χ0v) is 19.5. The average molecular weight is 482 g/mol. The summed E-state index contributed by atoms with van der Waals surface area (Å²) in [5.74, 6) is 0.105. The van der Waals surface area contributed by atoms with Crippen molar-refractivity contribution < 1.29 is 28.6 Å². The minimum Gasteiger partial charge on any atom is -0.489 e. The second-order valence-corrected chi connectivity index (χ2v) is 9.32. The zero-order chi connectivity index (χ0) is 24.5. The molecule has 2 aliphatic carbocycles. The van der Waals surface area contributed by atoms with Gasteiger partial charge < -0.3 is 19.9 Å². The SMILES string of the molecule is Cc1nc2c(OCC3CCCCC3)cccn2c1C(=O)N[C@@H]1c2c(F)cccc2C[C@@H]1OC(=O)O. The molecule has 2 heterocycles. The molecule has 8 nitrogen and oxygen atoms in total. The summed E-state index contributed by atoms with van der Waals surface area (Å²) in [6.45, 7) is 2.33. The van der Waals surface area contributed by atoms with Gasteiger partial charge in [-0.3, -0.25) is 9.20 Å². The number of nitrogens with one attached hydrogen (secondary N) is 1. The Balaban J connectivity index is 1.41. The molecule has 1 amide bonds. The molecule has 184 valence electrons. The Hall–Kier alpha value is -3.62. The molecule has 1 aromatic carbocycles. The van der Waals surface area contributed by atoms with E-state index in [4.69, 9.17) is 14.6 Å². The molecule has 0 unspecified atom stereocenters. The minimum absolute atomic E-state index is 0.176. The molecule has 2 N–H and O–H groups in total. The quantitative estimate of drug-likeness (QED) is 0.489. The molecular weight excluding hydrogens is 453 g/mol. The summed E-state index contributed by atoms with van der Waals surface area (Å²) in [4.78, 5) is 29.2. The van der Waals surface area contributed by atoms with E-state index in [2.05, 4.69) is 10.3 Å². The number of amides is 1. The topological polar surface area (TPSA) is 102 Å². The standard InChI is InChI=1S/C26H28FN3O5/c1-15-23(30-12-6-11-19(24(30)28-15)34-14-16-7-3-2-4-8-16)25(31)29-22-20(35-26(32)33)13-17-9-5-10-18(27)21(17)22/h5-6,9-12,16,20,22H,2-4,7-8,13-14H2,1H3,(H,29,31)(H,32,33)/t20-,22-/m0/s1. The van der Waals surface area contributed by atoms with Crippen LogP contribution in [0, 0.1) is 18.7 Å². The van der Waals surface area contributed by atoms with Gasteiger partial charge in [-0.2, -0.15) is 0 Å². The largest absolute Gasteiger partial charge is 0.506 e. The maximum Gasteiger partial charge on any atom is 0.506 e. The van der Waals surface area contributed by atoms with Crippen LogP contribution in [0.3, 0.4) is 0 Å². The number of hydrogen-bond acceptors (Lipinski definition) is 5. The first-order valence-corrected chi connectivity index (χ1v) is 12.0. The first kappa shape index (κ1) is 23.1. The molecule has 1 fully saturated rings. The molecule has 2 aromatic heterocycles. The Morgan fingerprint density at radius 3 is 2.77 bits per heavy atom. The molecule has 0 bridgehead atoms. The number of ether oxygens (including phenoxy) is 2. The van der Waals surface area contributed by atoms with E-state index in [1.165, 1.54) is 25.3 Å². The third-order valence-electron chi connectivity index (χ3n) is 6.99. The number of aromatic nitrogens is 2. The van der Waals surface area contributed by atoms with E-state index in [0.717, 1.165) is 12.8 Å². The van der Waals surface area contributed by atoms with Crippen molar-refractivity contribution in [2.24, 2.45) is 5.92 Å². The number of aryl methyl sites for hydroxylation is 1. The van der Waals surface area contributed by atoms with Crippen molar-refractivity contribution in [1.82, 2.24) is 14.7 Å². The Kier molecular flexibility index (Phi) is 6.32. The van der Waals surface area contributed by atoms with Crippen LogP contribution >= 0.6 is 0 Å². The first-order valence-electron chi connectivity index (χ1n) is 12.0. The van der Waals surface area contributed by atoms with E-state index < -0.39 is 30.0 Å². The second-order valence-electron chi connectivity index (χ2n) is 9.32. The fourth-order valence-corrected chi connectivity index (χ4v) is 5.35. The van der Waals surface area contributed by atoms with E-state index in [1.54, 1.807) is 35.7 Å². The Morgan fingerprint density at radius 1 is 1.20 bits per heavy atom. The summed E-state index contributed by atoms with van der Waals surface area (Å²) in [6, 6.07) is 7.23. The normalized spacial score (nSPS) is 19.9. The van der Waals surface area contributed by atoms with Gasteiger partial charge in [0.05, 0.1) is 18.3 Å². The predicted molar refractivity (Wildman–Crippen MR) is 125 cm³/mol. The van der Waals surface area contributed by atoms with Crippen molar-refractivity contribution in [3.63, 3.8) is 0 Å². The van der Waals surface area contributed by atoms with Crippen molar-refractivity contribution in [2.45, 2.75) is 57.6 Å². The number of hydrogen-bond donors (Lipinski definition) is 2. The lowest BCUT2D eigenvalue weighted by Gasteiger charge is -2.22. The molecule has 0 spiro atoms. The van der Waals surface area contributed by atoms with Gasteiger partial charge in [0.25, 0.3) is 5.91 Å². The number of benzene rings is 1. The van der Waals surface area contributed by atoms with Gasteiger partial charge in [-0.05, 0) is 49.4 Å². The van der Waals surface area contributed by atoms with Crippen molar-refractivity contribution >= 4 is 17.7 Å². The van der Waals surface area contributed by atoms with Crippen LogP contribution in [-0.4, -0.2) is 39.3 Å². The maximum absolute atomic E-state index is 14.7. The summed E-state index contributed by atoms with van der Waals surface area (Å²) < 4.78 is 27.4. The predicted octanol–water partition coefficient (Wildman–Crippen LogP) is 4.83. The van der Waals surface area contributed by atoms with Crippen LogP contribution in [0.15, 0.2) is 36.5 Å². The second kappa shape index (κ2) is 9.56. The zero-order valence-electron chi connectivity index (χ0n) is 19.5. The molecule has 2 aliphatic rings. The van der Waals surface area contributed by atoms with E-state index in [-0.39, 0.29) is 17.7 Å². The van der Waals surface area contributed by atoms with Crippen molar-refractivity contribution in [2.75, 3.05) is 6.61 Å². The van der Waals surface area contributed by atoms with E-state index in [0.29, 0.717) is 35.2 Å². The van der Waals surface area contributed by atoms with Gasteiger partial charge in [0.15, 0.2) is 11.4 Å². The molecule has 5 rings (SSSR count). The smallest absolute Gasteiger partial charge is 0.489 e. The molecule has 0 radical (unpaired) electrons. The highest BCUT2D eigenvalue weighted by atomic mass is 19.1. The van der Waals surface area contributed by atoms with Gasteiger partial charge >= 0.3 is 6.16 Å². The summed E-state index contributed by atoms with van der Waals surface area (Å²) >= 11 is 0. The molecule has 9 heteroatoms. The van der Waals surface area contributed by atoms with Crippen LogP contribution in [0.4, 0.5) is 9.18 Å². The fourth-order valence-electron chi connectivity index (χ4n) is 5.35. The molecule has 0 aliphatic heterocycles. The summed E-state index contributed by atoms with van der Waals surface area (Å²) in [5, 5.41) is 12.0. The number of nitrogens with zero attached hydrogens (tertiary/aromatic N) is 2. The Bertz CT molecular complexity index is 1270. The molecule has 0 saturated heterocycles. The van der Waals surface area contributed by atoms with Crippen LogP contribution in [0.2, 0.25) is 0 Å². The fraction of sp³-hybridized carbons (Fsp3) is 0.423. The van der Waals surface area contributed by atoms with Crippen LogP contribution in [0.25, 0.3) is 5.65 Å². The van der Waals surface area contributed by atoms with Crippen LogP contribution in [-0.2, 0) is 11.2 Å². The van der Waals surface area contributed by atoms with Gasteiger partial charge in [0.1, 0.15) is 17.6 Å². The number of halogens is 1. The third kappa shape index (κ3) is 4.54. The van der Waals surface area contributed by atoms with Crippen LogP contribution < -0.4 is 10.1 Å². The third-order valence-corrected chi connectivity index (χ3v) is 6.99. The number of carbonyl (C=O) groups excluding carboxylic acids is 1. The summed E-state index contributed by atoms with van der Waals surface area (Å²) in [7, 11) is 0. The van der Waals surface area contributed by atoms with Gasteiger partial charge in [0.2, 0.25) is 0 Å². The molecule has 35 heavy (non-hydrogen) atoms. The summed E-state index contributed by atoms with van der Waals surface area (Å²) in [5.41, 5.74) is 2.15. The highest BCUT2D eigenvalue weighted by Gasteiger charge is 2.39. The van der Waals surface area contributed by atoms with Gasteiger partial charge in [-0.15, -0.1) is 0 Å². The Labute approximate surface area is 202 Å². The summed E-state index contributed by atoms with van der Waals surface area (Å²) in [6.07, 6.45) is 5.53. The van der Waals surface area contributed by atoms with Gasteiger partial charge in [-0.25, -0.2) is 14.2 Å². The van der Waals surface area contributed by atoms with Crippen molar-refractivity contribution in [1.29, 1.82) is 0 Å². The number of carboxylic acid groups (broad SMARTS) is 1. The lowest BCUT2D eigenvalue weighted by Crippen LogP contribution is -2.37. The maximum atomic E-state index is 14.7. The van der Waals surface area contributed by atoms with E-state index >= 15 is 0 Å². The van der Waals surface area contributed by atoms with Gasteiger partial charge in [0, 0.05) is 18.2 Å². The number of carbonyl (C=O) groups is 2. The number of fused-ring (bicyclic) bond motifs is 2. The molecule has 1 saturated carbocycles. The first-order chi connectivity index (χ1) is 16.9. The van der Waals surface area contributed by atoms with E-state index in [1.807, 2.05) is 6.07 Å². The molecule has 3 aromatic rings.